The standard InChI is InChI=1S/C10H9N3/c1-8-6-10(13-7-12-8)9-4-2-3-5-11-9/h2-7H,1H3. The molecule has 3 heteroatoms. The van der Waals surface area contributed by atoms with Crippen LogP contribution in [0, 0.1) is 6.92 Å². The molecule has 13 heavy (non-hydrogen) atoms. The summed E-state index contributed by atoms with van der Waals surface area (Å²) in [4.78, 5) is 12.4. The normalized spacial score (nSPS) is 9.92. The van der Waals surface area contributed by atoms with Crippen molar-refractivity contribution >= 4 is 0 Å². The fourth-order valence-corrected chi connectivity index (χ4v) is 1.11. The molecule has 0 amide bonds. The number of hydrogen-bond donors (Lipinski definition) is 0. The third-order valence-corrected chi connectivity index (χ3v) is 1.73. The van der Waals surface area contributed by atoms with Gasteiger partial charge < -0.3 is 0 Å². The van der Waals surface area contributed by atoms with E-state index in [0.717, 1.165) is 17.1 Å². The number of rotatable bonds is 1. The number of nitrogens with zero attached hydrogens (tertiary/aromatic N) is 3. The van der Waals surface area contributed by atoms with Gasteiger partial charge in [0.05, 0.1) is 11.4 Å². The number of hydrogen-bond acceptors (Lipinski definition) is 3. The molecule has 0 unspecified atom stereocenters. The first kappa shape index (κ1) is 7.86. The van der Waals surface area contributed by atoms with E-state index in [1.165, 1.54) is 0 Å². The molecule has 0 spiro atoms. The molecule has 0 aliphatic heterocycles. The lowest BCUT2D eigenvalue weighted by molar-refractivity contribution is 1.09. The smallest absolute Gasteiger partial charge is 0.116 e. The van der Waals surface area contributed by atoms with Gasteiger partial charge in [-0.05, 0) is 25.1 Å². The third-order valence-electron chi connectivity index (χ3n) is 1.73. The summed E-state index contributed by atoms with van der Waals surface area (Å²) in [6, 6.07) is 7.68. The van der Waals surface area contributed by atoms with Crippen molar-refractivity contribution in [2.75, 3.05) is 0 Å². The molecule has 2 aromatic rings. The van der Waals surface area contributed by atoms with E-state index in [4.69, 9.17) is 0 Å². The Morgan fingerprint density at radius 2 is 1.92 bits per heavy atom. The molecule has 0 aliphatic carbocycles. The van der Waals surface area contributed by atoms with E-state index in [0.29, 0.717) is 0 Å². The van der Waals surface area contributed by atoms with Crippen LogP contribution in [0.1, 0.15) is 5.69 Å². The second-order valence-electron chi connectivity index (χ2n) is 2.76. The molecule has 2 rings (SSSR count). The Hall–Kier alpha value is -1.77. The Morgan fingerprint density at radius 3 is 2.62 bits per heavy atom. The van der Waals surface area contributed by atoms with Gasteiger partial charge in [-0.3, -0.25) is 4.98 Å². The molecule has 0 aromatic carbocycles. The van der Waals surface area contributed by atoms with Gasteiger partial charge in [0, 0.05) is 11.9 Å². The van der Waals surface area contributed by atoms with Crippen LogP contribution in [-0.2, 0) is 0 Å². The molecule has 2 aromatic heterocycles. The van der Waals surface area contributed by atoms with E-state index in [-0.39, 0.29) is 0 Å². The molecule has 3 nitrogen and oxygen atoms in total. The van der Waals surface area contributed by atoms with Gasteiger partial charge >= 0.3 is 0 Å². The molecule has 0 N–H and O–H groups in total. The second-order valence-corrected chi connectivity index (χ2v) is 2.76. The molecule has 0 saturated heterocycles. The van der Waals surface area contributed by atoms with Crippen molar-refractivity contribution in [2.24, 2.45) is 0 Å². The third kappa shape index (κ3) is 1.69. The first-order chi connectivity index (χ1) is 6.36. The topological polar surface area (TPSA) is 38.7 Å². The molecule has 0 aliphatic rings. The molecule has 0 radical (unpaired) electrons. The van der Waals surface area contributed by atoms with Gasteiger partial charge in [0.1, 0.15) is 6.33 Å². The predicted molar refractivity (Wildman–Crippen MR) is 50.0 cm³/mol. The van der Waals surface area contributed by atoms with E-state index in [2.05, 4.69) is 15.0 Å². The monoisotopic (exact) mass is 171 g/mol. The van der Waals surface area contributed by atoms with Crippen molar-refractivity contribution in [3.63, 3.8) is 0 Å². The maximum Gasteiger partial charge on any atom is 0.116 e. The van der Waals surface area contributed by atoms with E-state index >= 15 is 0 Å². The van der Waals surface area contributed by atoms with Crippen LogP contribution in [0.25, 0.3) is 11.4 Å². The van der Waals surface area contributed by atoms with E-state index < -0.39 is 0 Å². The van der Waals surface area contributed by atoms with Crippen molar-refractivity contribution in [3.8, 4) is 11.4 Å². The number of aryl methyl sites for hydroxylation is 1. The molecule has 0 bridgehead atoms. The fraction of sp³-hybridized carbons (Fsp3) is 0.100. The van der Waals surface area contributed by atoms with Crippen LogP contribution >= 0.6 is 0 Å². The van der Waals surface area contributed by atoms with E-state index in [1.807, 2.05) is 31.2 Å². The highest BCUT2D eigenvalue weighted by Crippen LogP contribution is 2.12. The van der Waals surface area contributed by atoms with Crippen LogP contribution in [0.15, 0.2) is 36.8 Å². The highest BCUT2D eigenvalue weighted by molar-refractivity contribution is 5.53. The Labute approximate surface area is 76.5 Å². The molecule has 0 fully saturated rings. The lowest BCUT2D eigenvalue weighted by Crippen LogP contribution is -1.89. The SMILES string of the molecule is Cc1cc(-c2ccccn2)ncn1. The summed E-state index contributed by atoms with van der Waals surface area (Å²) in [5.41, 5.74) is 2.71. The summed E-state index contributed by atoms with van der Waals surface area (Å²) >= 11 is 0. The van der Waals surface area contributed by atoms with Gasteiger partial charge in [-0.25, -0.2) is 9.97 Å². The van der Waals surface area contributed by atoms with Crippen molar-refractivity contribution in [1.29, 1.82) is 0 Å². The Morgan fingerprint density at radius 1 is 1.00 bits per heavy atom. The minimum absolute atomic E-state index is 0.869. The van der Waals surface area contributed by atoms with Gasteiger partial charge in [-0.1, -0.05) is 6.07 Å². The lowest BCUT2D eigenvalue weighted by Gasteiger charge is -1.98. The summed E-state index contributed by atoms with van der Waals surface area (Å²) in [5.74, 6) is 0. The summed E-state index contributed by atoms with van der Waals surface area (Å²) in [7, 11) is 0. The van der Waals surface area contributed by atoms with Crippen LogP contribution in [0.5, 0.6) is 0 Å². The zero-order valence-electron chi connectivity index (χ0n) is 7.31. The van der Waals surface area contributed by atoms with Gasteiger partial charge in [0.25, 0.3) is 0 Å². The van der Waals surface area contributed by atoms with Crippen LogP contribution in [0.4, 0.5) is 0 Å². The minimum Gasteiger partial charge on any atom is -0.255 e. The minimum atomic E-state index is 0.869. The molecular formula is C10H9N3. The van der Waals surface area contributed by atoms with Crippen molar-refractivity contribution in [3.05, 3.63) is 42.5 Å². The van der Waals surface area contributed by atoms with Crippen LogP contribution < -0.4 is 0 Å². The molecule has 0 saturated carbocycles. The molecular weight excluding hydrogens is 162 g/mol. The Bertz CT molecular complexity index is 398. The fourth-order valence-electron chi connectivity index (χ4n) is 1.11. The highest BCUT2D eigenvalue weighted by Gasteiger charge is 1.98. The van der Waals surface area contributed by atoms with Crippen LogP contribution in [0.2, 0.25) is 0 Å². The summed E-state index contributed by atoms with van der Waals surface area (Å²) in [6.07, 6.45) is 3.31. The first-order valence-electron chi connectivity index (χ1n) is 4.06. The predicted octanol–water partition coefficient (Wildman–Crippen LogP) is 1.85. The average Bonchev–Trinajstić information content (AvgIpc) is 2.19. The quantitative estimate of drug-likeness (QED) is 0.657. The van der Waals surface area contributed by atoms with Crippen molar-refractivity contribution < 1.29 is 0 Å². The molecule has 64 valence electrons. The number of aromatic nitrogens is 3. The zero-order valence-corrected chi connectivity index (χ0v) is 7.31. The van der Waals surface area contributed by atoms with Crippen LogP contribution in [0.3, 0.4) is 0 Å². The molecule has 0 atom stereocenters. The van der Waals surface area contributed by atoms with E-state index in [9.17, 15) is 0 Å². The lowest BCUT2D eigenvalue weighted by atomic mass is 10.2. The molecule has 2 heterocycles. The highest BCUT2D eigenvalue weighted by atomic mass is 14.9. The Balaban J connectivity index is 2.48. The maximum atomic E-state index is 4.20. The van der Waals surface area contributed by atoms with Gasteiger partial charge in [0.2, 0.25) is 0 Å². The van der Waals surface area contributed by atoms with Gasteiger partial charge in [-0.15, -0.1) is 0 Å². The van der Waals surface area contributed by atoms with Gasteiger partial charge in [-0.2, -0.15) is 0 Å². The van der Waals surface area contributed by atoms with Gasteiger partial charge in [0.15, 0.2) is 0 Å². The summed E-state index contributed by atoms with van der Waals surface area (Å²) in [6.45, 7) is 1.94. The van der Waals surface area contributed by atoms with Crippen molar-refractivity contribution in [1.82, 2.24) is 15.0 Å². The second kappa shape index (κ2) is 3.31. The zero-order chi connectivity index (χ0) is 9.10. The van der Waals surface area contributed by atoms with Crippen molar-refractivity contribution in [2.45, 2.75) is 6.92 Å². The van der Waals surface area contributed by atoms with E-state index in [1.54, 1.807) is 12.5 Å². The Kier molecular flexibility index (Phi) is 2.00. The van der Waals surface area contributed by atoms with Crippen LogP contribution in [-0.4, -0.2) is 15.0 Å². The first-order valence-corrected chi connectivity index (χ1v) is 4.06. The largest absolute Gasteiger partial charge is 0.255 e. The average molecular weight is 171 g/mol. The summed E-state index contributed by atoms with van der Waals surface area (Å²) in [5, 5.41) is 0. The summed E-state index contributed by atoms with van der Waals surface area (Å²) < 4.78 is 0. The number of pyridine rings is 1. The maximum absolute atomic E-state index is 4.20.